The van der Waals surface area contributed by atoms with E-state index in [9.17, 15) is 4.79 Å². The van der Waals surface area contributed by atoms with E-state index in [4.69, 9.17) is 9.26 Å². The van der Waals surface area contributed by atoms with E-state index in [0.717, 1.165) is 19.3 Å². The molecular formula is C18H22N2O3. The van der Waals surface area contributed by atoms with Crippen LogP contribution < -0.4 is 0 Å². The van der Waals surface area contributed by atoms with Crippen LogP contribution in [0.5, 0.6) is 0 Å². The van der Waals surface area contributed by atoms with Gasteiger partial charge in [-0.05, 0) is 54.9 Å². The quantitative estimate of drug-likeness (QED) is 0.790. The summed E-state index contributed by atoms with van der Waals surface area (Å²) in [6, 6.07) is 5.83. The molecule has 0 spiro atoms. The minimum Gasteiger partial charge on any atom is -0.452 e. The zero-order chi connectivity index (χ0) is 16.2. The molecule has 0 fully saturated rings. The molecule has 0 unspecified atom stereocenters. The highest BCUT2D eigenvalue weighted by Crippen LogP contribution is 2.22. The molecule has 0 N–H and O–H groups in total. The second kappa shape index (κ2) is 6.94. The average molecular weight is 314 g/mol. The van der Waals surface area contributed by atoms with Crippen molar-refractivity contribution < 1.29 is 14.1 Å². The number of rotatable bonds is 5. The molecule has 0 atom stereocenters. The summed E-state index contributed by atoms with van der Waals surface area (Å²) in [6.45, 7) is 4.19. The van der Waals surface area contributed by atoms with Crippen molar-refractivity contribution in [2.24, 2.45) is 5.92 Å². The summed E-state index contributed by atoms with van der Waals surface area (Å²) in [6.07, 6.45) is 5.31. The van der Waals surface area contributed by atoms with Crippen LogP contribution in [-0.4, -0.2) is 16.1 Å². The number of esters is 1. The fraction of sp³-hybridized carbons (Fsp3) is 0.500. The lowest BCUT2D eigenvalue weighted by Crippen LogP contribution is -2.09. The molecule has 1 aliphatic carbocycles. The van der Waals surface area contributed by atoms with Crippen molar-refractivity contribution in [1.82, 2.24) is 10.1 Å². The Morgan fingerprint density at radius 2 is 2.04 bits per heavy atom. The van der Waals surface area contributed by atoms with E-state index in [-0.39, 0.29) is 12.6 Å². The molecule has 5 nitrogen and oxygen atoms in total. The monoisotopic (exact) mass is 314 g/mol. The van der Waals surface area contributed by atoms with Gasteiger partial charge >= 0.3 is 5.97 Å². The molecule has 23 heavy (non-hydrogen) atoms. The Labute approximate surface area is 136 Å². The van der Waals surface area contributed by atoms with Crippen molar-refractivity contribution >= 4 is 5.97 Å². The van der Waals surface area contributed by atoms with Crippen LogP contribution in [0.2, 0.25) is 0 Å². The maximum atomic E-state index is 12.2. The highest BCUT2D eigenvalue weighted by atomic mass is 16.6. The maximum absolute atomic E-state index is 12.2. The first-order chi connectivity index (χ1) is 11.1. The minimum atomic E-state index is -0.345. The minimum absolute atomic E-state index is 0.0149. The highest BCUT2D eigenvalue weighted by Gasteiger charge is 2.15. The van der Waals surface area contributed by atoms with Gasteiger partial charge in [0.25, 0.3) is 5.89 Å². The predicted molar refractivity (Wildman–Crippen MR) is 85.0 cm³/mol. The number of benzene rings is 1. The van der Waals surface area contributed by atoms with Gasteiger partial charge in [0, 0.05) is 6.42 Å². The number of ether oxygens (including phenoxy) is 1. The lowest BCUT2D eigenvalue weighted by Gasteiger charge is -2.16. The van der Waals surface area contributed by atoms with E-state index in [0.29, 0.717) is 23.2 Å². The molecule has 2 aromatic rings. The number of aromatic nitrogens is 2. The summed E-state index contributed by atoms with van der Waals surface area (Å²) >= 11 is 0. The normalized spacial score (nSPS) is 13.9. The number of fused-ring (bicyclic) bond motifs is 1. The average Bonchev–Trinajstić information content (AvgIpc) is 2.98. The fourth-order valence-electron chi connectivity index (χ4n) is 2.87. The van der Waals surface area contributed by atoms with Gasteiger partial charge in [-0.1, -0.05) is 25.1 Å². The van der Waals surface area contributed by atoms with E-state index in [2.05, 4.69) is 24.0 Å². The van der Waals surface area contributed by atoms with Gasteiger partial charge in [-0.25, -0.2) is 4.79 Å². The number of carbonyl (C=O) groups is 1. The largest absolute Gasteiger partial charge is 0.452 e. The molecule has 0 bridgehead atoms. The number of carbonyl (C=O) groups excluding carboxylic acids is 1. The Bertz CT molecular complexity index is 691. The third-order valence-electron chi connectivity index (χ3n) is 4.01. The van der Waals surface area contributed by atoms with Crippen molar-refractivity contribution in [1.29, 1.82) is 0 Å². The predicted octanol–water partition coefficient (Wildman–Crippen LogP) is 3.50. The molecule has 1 aromatic heterocycles. The molecule has 1 aromatic carbocycles. The van der Waals surface area contributed by atoms with Gasteiger partial charge in [0.05, 0.1) is 5.56 Å². The lowest BCUT2D eigenvalue weighted by molar-refractivity contribution is 0.0429. The molecule has 1 aliphatic rings. The van der Waals surface area contributed by atoms with Crippen molar-refractivity contribution in [2.75, 3.05) is 0 Å². The molecule has 0 radical (unpaired) electrons. The molecule has 5 heteroatoms. The zero-order valence-corrected chi connectivity index (χ0v) is 13.7. The van der Waals surface area contributed by atoms with Gasteiger partial charge in [-0.3, -0.25) is 0 Å². The Hall–Kier alpha value is -2.17. The summed E-state index contributed by atoms with van der Waals surface area (Å²) in [5.41, 5.74) is 3.21. The van der Waals surface area contributed by atoms with Gasteiger partial charge in [0.15, 0.2) is 12.4 Å². The van der Waals surface area contributed by atoms with Crippen LogP contribution in [-0.2, 0) is 30.6 Å². The molecule has 122 valence electrons. The van der Waals surface area contributed by atoms with E-state index in [1.807, 2.05) is 18.2 Å². The Balaban J connectivity index is 1.60. The summed E-state index contributed by atoms with van der Waals surface area (Å²) in [5.74, 6) is 1.10. The Kier molecular flexibility index (Phi) is 4.74. The van der Waals surface area contributed by atoms with E-state index in [1.54, 1.807) is 0 Å². The van der Waals surface area contributed by atoms with Gasteiger partial charge in [-0.2, -0.15) is 4.98 Å². The second-order valence-corrected chi connectivity index (χ2v) is 6.47. The third kappa shape index (κ3) is 3.97. The van der Waals surface area contributed by atoms with Crippen LogP contribution in [0, 0.1) is 5.92 Å². The number of aryl methyl sites for hydroxylation is 2. The van der Waals surface area contributed by atoms with Crippen molar-refractivity contribution in [3.05, 3.63) is 46.6 Å². The van der Waals surface area contributed by atoms with E-state index < -0.39 is 0 Å². The van der Waals surface area contributed by atoms with Crippen LogP contribution in [0.1, 0.15) is 59.9 Å². The van der Waals surface area contributed by atoms with Crippen LogP contribution in [0.15, 0.2) is 22.7 Å². The first kappa shape index (κ1) is 15.7. The third-order valence-corrected chi connectivity index (χ3v) is 4.01. The Morgan fingerprint density at radius 3 is 2.83 bits per heavy atom. The molecular weight excluding hydrogens is 292 g/mol. The Morgan fingerprint density at radius 1 is 1.26 bits per heavy atom. The molecule has 0 amide bonds. The molecule has 0 saturated heterocycles. The number of hydrogen-bond acceptors (Lipinski definition) is 5. The van der Waals surface area contributed by atoms with Gasteiger partial charge < -0.3 is 9.26 Å². The summed E-state index contributed by atoms with van der Waals surface area (Å²) in [4.78, 5) is 16.4. The van der Waals surface area contributed by atoms with Crippen LogP contribution in [0.3, 0.4) is 0 Å². The van der Waals surface area contributed by atoms with Gasteiger partial charge in [-0.15, -0.1) is 0 Å². The van der Waals surface area contributed by atoms with Crippen LogP contribution >= 0.6 is 0 Å². The summed E-state index contributed by atoms with van der Waals surface area (Å²) < 4.78 is 10.4. The van der Waals surface area contributed by atoms with Crippen molar-refractivity contribution in [3.8, 4) is 0 Å². The molecule has 3 rings (SSSR count). The van der Waals surface area contributed by atoms with Crippen molar-refractivity contribution in [2.45, 2.75) is 52.6 Å². The standard InChI is InChI=1S/C18H22N2O3/c1-12(2)9-16-19-17(23-20-16)11-22-18(21)15-8-7-13-5-3-4-6-14(13)10-15/h7-8,10,12H,3-6,9,11H2,1-2H3. The number of hydrogen-bond donors (Lipinski definition) is 0. The SMILES string of the molecule is CC(C)Cc1noc(COC(=O)c2ccc3c(c2)CCCC3)n1. The topological polar surface area (TPSA) is 65.2 Å². The highest BCUT2D eigenvalue weighted by molar-refractivity contribution is 5.89. The summed E-state index contributed by atoms with van der Waals surface area (Å²) in [5, 5.41) is 3.89. The van der Waals surface area contributed by atoms with Crippen LogP contribution in [0.4, 0.5) is 0 Å². The first-order valence-electron chi connectivity index (χ1n) is 8.22. The van der Waals surface area contributed by atoms with Gasteiger partial charge in [0.1, 0.15) is 0 Å². The number of nitrogens with zero attached hydrogens (tertiary/aromatic N) is 2. The van der Waals surface area contributed by atoms with Crippen LogP contribution in [0.25, 0.3) is 0 Å². The van der Waals surface area contributed by atoms with Gasteiger partial charge in [0.2, 0.25) is 0 Å². The smallest absolute Gasteiger partial charge is 0.338 e. The van der Waals surface area contributed by atoms with E-state index in [1.165, 1.54) is 24.0 Å². The molecule has 0 saturated carbocycles. The second-order valence-electron chi connectivity index (χ2n) is 6.47. The first-order valence-corrected chi connectivity index (χ1v) is 8.22. The van der Waals surface area contributed by atoms with Crippen molar-refractivity contribution in [3.63, 3.8) is 0 Å². The van der Waals surface area contributed by atoms with E-state index >= 15 is 0 Å². The molecule has 1 heterocycles. The maximum Gasteiger partial charge on any atom is 0.338 e. The zero-order valence-electron chi connectivity index (χ0n) is 13.7. The lowest BCUT2D eigenvalue weighted by atomic mass is 9.90. The molecule has 0 aliphatic heterocycles. The summed E-state index contributed by atoms with van der Waals surface area (Å²) in [7, 11) is 0. The fourth-order valence-corrected chi connectivity index (χ4v) is 2.87.